The highest BCUT2D eigenvalue weighted by Gasteiger charge is 2.16. The molecule has 3 aromatic rings. The largest absolute Gasteiger partial charge is 0.325 e. The van der Waals surface area contributed by atoms with E-state index in [1.54, 1.807) is 0 Å². The van der Waals surface area contributed by atoms with Gasteiger partial charge in [0, 0.05) is 27.3 Å². The Morgan fingerprint density at radius 3 is 2.59 bits per heavy atom. The van der Waals surface area contributed by atoms with Crippen molar-refractivity contribution < 1.29 is 4.79 Å². The predicted octanol–water partition coefficient (Wildman–Crippen LogP) is 6.24. The summed E-state index contributed by atoms with van der Waals surface area (Å²) in [5, 5.41) is 13.0. The number of amides is 1. The summed E-state index contributed by atoms with van der Waals surface area (Å²) in [7, 11) is 0. The molecule has 1 aromatic heterocycles. The average Bonchev–Trinajstić information content (AvgIpc) is 3.11. The quantitative estimate of drug-likeness (QED) is 0.396. The highest BCUT2D eigenvalue weighted by Crippen LogP contribution is 2.29. The van der Waals surface area contributed by atoms with Crippen LogP contribution in [0, 0.1) is 0 Å². The third-order valence-electron chi connectivity index (χ3n) is 4.38. The lowest BCUT2D eigenvalue weighted by atomic mass is 10.0. The zero-order valence-corrected chi connectivity index (χ0v) is 19.6. The van der Waals surface area contributed by atoms with Gasteiger partial charge in [0.25, 0.3) is 0 Å². The van der Waals surface area contributed by atoms with Crippen LogP contribution in [0.25, 0.3) is 11.4 Å². The van der Waals surface area contributed by atoms with Crippen molar-refractivity contribution in [3.8, 4) is 11.4 Å². The molecule has 0 aliphatic rings. The van der Waals surface area contributed by atoms with Crippen molar-refractivity contribution >= 4 is 50.9 Å². The van der Waals surface area contributed by atoms with E-state index < -0.39 is 0 Å². The molecule has 1 amide bonds. The number of hydrogen-bond acceptors (Lipinski definition) is 4. The molecule has 8 heteroatoms. The van der Waals surface area contributed by atoms with Gasteiger partial charge in [-0.15, -0.1) is 10.2 Å². The monoisotopic (exact) mass is 492 g/mol. The summed E-state index contributed by atoms with van der Waals surface area (Å²) in [6.07, 6.45) is 0. The first kappa shape index (κ1) is 21.9. The first-order valence-corrected chi connectivity index (χ1v) is 11.5. The van der Waals surface area contributed by atoms with Crippen molar-refractivity contribution in [3.63, 3.8) is 0 Å². The molecule has 0 unspecified atom stereocenters. The van der Waals surface area contributed by atoms with Crippen molar-refractivity contribution in [2.24, 2.45) is 0 Å². The molecule has 3 rings (SSSR count). The van der Waals surface area contributed by atoms with Crippen molar-refractivity contribution in [2.45, 2.75) is 38.4 Å². The molecule has 29 heavy (non-hydrogen) atoms. The number of thioether (sulfide) groups is 1. The van der Waals surface area contributed by atoms with Gasteiger partial charge in [0.15, 0.2) is 11.0 Å². The van der Waals surface area contributed by atoms with Gasteiger partial charge in [0.05, 0.1) is 5.75 Å². The first-order valence-electron chi connectivity index (χ1n) is 9.30. The fourth-order valence-corrected chi connectivity index (χ4v) is 4.24. The Balaban J connectivity index is 1.70. The number of nitrogens with one attached hydrogen (secondary N) is 1. The second-order valence-corrected chi connectivity index (χ2v) is 9.08. The molecule has 0 bridgehead atoms. The molecule has 5 nitrogen and oxygen atoms in total. The van der Waals surface area contributed by atoms with Gasteiger partial charge in [0.1, 0.15) is 0 Å². The lowest BCUT2D eigenvalue weighted by molar-refractivity contribution is -0.113. The van der Waals surface area contributed by atoms with E-state index in [4.69, 9.17) is 11.6 Å². The van der Waals surface area contributed by atoms with E-state index in [1.807, 2.05) is 54.0 Å². The van der Waals surface area contributed by atoms with Crippen LogP contribution < -0.4 is 5.32 Å². The maximum absolute atomic E-state index is 12.5. The number of nitrogens with zero attached hydrogens (tertiary/aromatic N) is 3. The van der Waals surface area contributed by atoms with Gasteiger partial charge in [0.2, 0.25) is 5.91 Å². The summed E-state index contributed by atoms with van der Waals surface area (Å²) in [6, 6.07) is 13.4. The molecule has 0 saturated heterocycles. The molecular weight excluding hydrogens is 472 g/mol. The van der Waals surface area contributed by atoms with E-state index in [-0.39, 0.29) is 11.7 Å². The van der Waals surface area contributed by atoms with Gasteiger partial charge in [-0.2, -0.15) is 0 Å². The molecule has 0 atom stereocenters. The molecule has 152 valence electrons. The van der Waals surface area contributed by atoms with Crippen molar-refractivity contribution in [1.82, 2.24) is 14.8 Å². The zero-order valence-electron chi connectivity index (χ0n) is 16.4. The summed E-state index contributed by atoms with van der Waals surface area (Å²) < 4.78 is 3.00. The number of carbonyl (C=O) groups excluding carboxylic acids is 1. The number of rotatable bonds is 7. The van der Waals surface area contributed by atoms with Gasteiger partial charge in [-0.25, -0.2) is 0 Å². The van der Waals surface area contributed by atoms with E-state index in [2.05, 4.69) is 45.3 Å². The molecule has 0 aliphatic carbocycles. The standard InChI is InChI=1S/C21H22BrClN4OS/c1-4-27-20(14-5-8-16(23)9-6-14)25-26-21(27)29-12-19(28)24-18-10-7-15(22)11-17(18)13(2)3/h5-11,13H,4,12H2,1-3H3,(H,24,28). The summed E-state index contributed by atoms with van der Waals surface area (Å²) >= 11 is 10.8. The Hall–Kier alpha value is -1.83. The number of carbonyl (C=O) groups is 1. The second-order valence-electron chi connectivity index (χ2n) is 6.78. The normalized spacial score (nSPS) is 11.1. The molecular formula is C21H22BrClN4OS. The molecule has 2 aromatic carbocycles. The van der Waals surface area contributed by atoms with E-state index in [0.717, 1.165) is 27.1 Å². The maximum atomic E-state index is 12.5. The van der Waals surface area contributed by atoms with Crippen LogP contribution in [0.3, 0.4) is 0 Å². The van der Waals surface area contributed by atoms with Crippen LogP contribution in [0.1, 0.15) is 32.3 Å². The topological polar surface area (TPSA) is 59.8 Å². The predicted molar refractivity (Wildman–Crippen MR) is 124 cm³/mol. The Labute approximate surface area is 188 Å². The number of aromatic nitrogens is 3. The molecule has 0 spiro atoms. The highest BCUT2D eigenvalue weighted by atomic mass is 79.9. The molecule has 0 radical (unpaired) electrons. The zero-order chi connectivity index (χ0) is 21.0. The van der Waals surface area contributed by atoms with E-state index >= 15 is 0 Å². The lowest BCUT2D eigenvalue weighted by Crippen LogP contribution is -2.16. The Morgan fingerprint density at radius 2 is 1.93 bits per heavy atom. The SMILES string of the molecule is CCn1c(SCC(=O)Nc2ccc(Br)cc2C(C)C)nnc1-c1ccc(Cl)cc1. The number of hydrogen-bond donors (Lipinski definition) is 1. The molecule has 0 aliphatic heterocycles. The van der Waals surface area contributed by atoms with E-state index in [9.17, 15) is 4.79 Å². The van der Waals surface area contributed by atoms with E-state index in [0.29, 0.717) is 22.6 Å². The Bertz CT molecular complexity index is 1000. The third kappa shape index (κ3) is 5.41. The van der Waals surface area contributed by atoms with Crippen molar-refractivity contribution in [2.75, 3.05) is 11.1 Å². The molecule has 1 N–H and O–H groups in total. The minimum atomic E-state index is -0.0714. The van der Waals surface area contributed by atoms with Crippen molar-refractivity contribution in [3.05, 3.63) is 57.5 Å². The van der Waals surface area contributed by atoms with Crippen molar-refractivity contribution in [1.29, 1.82) is 0 Å². The minimum Gasteiger partial charge on any atom is -0.325 e. The summed E-state index contributed by atoms with van der Waals surface area (Å²) in [5.74, 6) is 1.26. The lowest BCUT2D eigenvalue weighted by Gasteiger charge is -2.14. The van der Waals surface area contributed by atoms with Crippen LogP contribution in [0.15, 0.2) is 52.1 Å². The number of halogens is 2. The van der Waals surface area contributed by atoms with Gasteiger partial charge in [-0.3, -0.25) is 4.79 Å². The van der Waals surface area contributed by atoms with Gasteiger partial charge in [-0.1, -0.05) is 53.1 Å². The second kappa shape index (κ2) is 9.78. The Morgan fingerprint density at radius 1 is 1.21 bits per heavy atom. The molecule has 0 fully saturated rings. The van der Waals surface area contributed by atoms with Crippen LogP contribution in [0.5, 0.6) is 0 Å². The fraction of sp³-hybridized carbons (Fsp3) is 0.286. The minimum absolute atomic E-state index is 0.0714. The fourth-order valence-electron chi connectivity index (χ4n) is 2.93. The summed E-state index contributed by atoms with van der Waals surface area (Å²) in [5.41, 5.74) is 2.88. The van der Waals surface area contributed by atoms with Gasteiger partial charge in [-0.05, 0) is 60.9 Å². The molecule has 1 heterocycles. The number of anilines is 1. The Kier molecular flexibility index (Phi) is 7.38. The smallest absolute Gasteiger partial charge is 0.234 e. The van der Waals surface area contributed by atoms with Gasteiger partial charge < -0.3 is 9.88 Å². The first-order chi connectivity index (χ1) is 13.9. The summed E-state index contributed by atoms with van der Waals surface area (Å²) in [6.45, 7) is 6.95. The highest BCUT2D eigenvalue weighted by molar-refractivity contribution is 9.10. The maximum Gasteiger partial charge on any atom is 0.234 e. The average molecular weight is 494 g/mol. The summed E-state index contributed by atoms with van der Waals surface area (Å²) in [4.78, 5) is 12.5. The van der Waals surface area contributed by atoms with Crippen LogP contribution >= 0.6 is 39.3 Å². The third-order valence-corrected chi connectivity index (χ3v) is 6.09. The van der Waals surface area contributed by atoms with Gasteiger partial charge >= 0.3 is 0 Å². The van der Waals surface area contributed by atoms with Crippen LogP contribution in [0.2, 0.25) is 5.02 Å². The van der Waals surface area contributed by atoms with Crippen LogP contribution in [-0.4, -0.2) is 26.4 Å². The van der Waals surface area contributed by atoms with Crippen LogP contribution in [0.4, 0.5) is 5.69 Å². The number of benzene rings is 2. The van der Waals surface area contributed by atoms with Crippen LogP contribution in [-0.2, 0) is 11.3 Å². The molecule has 0 saturated carbocycles. The van der Waals surface area contributed by atoms with E-state index in [1.165, 1.54) is 11.8 Å².